The summed E-state index contributed by atoms with van der Waals surface area (Å²) in [5.41, 5.74) is 14.1. The summed E-state index contributed by atoms with van der Waals surface area (Å²) in [6.45, 7) is 13.8. The average Bonchev–Trinajstić information content (AvgIpc) is 3.27. The Morgan fingerprint density at radius 3 is 0.983 bits per heavy atom. The normalized spacial score (nSPS) is 16.0. The maximum absolute atomic E-state index is 7.81. The summed E-state index contributed by atoms with van der Waals surface area (Å²) in [7, 11) is -3.11. The van der Waals surface area contributed by atoms with Crippen molar-refractivity contribution in [2.24, 2.45) is 0 Å². The minimum atomic E-state index is -3.11. The molecule has 11 rings (SSSR count). The standard InChI is InChI=1S/C56H48N2OSi/c1-37-29-33-39(34-30-37)60(40-35-31-38(2)32-36-40)51-27-15-25-49(57-45-21-11-7-17-41(45)55(3,4)42-18-8-12-22-46(42)57)53(51)59-54-50(26-16-28-52(54)60)58-47-23-13-9-19-43(47)56(5,6)44-20-10-14-24-48(44)58/h7-36H,1-6H3. The molecule has 0 N–H and O–H groups in total. The van der Waals surface area contributed by atoms with E-state index in [-0.39, 0.29) is 10.8 Å². The van der Waals surface area contributed by atoms with E-state index in [2.05, 4.69) is 233 Å². The van der Waals surface area contributed by atoms with E-state index in [9.17, 15) is 0 Å². The van der Waals surface area contributed by atoms with Crippen molar-refractivity contribution in [2.45, 2.75) is 52.4 Å². The fourth-order valence-electron chi connectivity index (χ4n) is 10.7. The van der Waals surface area contributed by atoms with Gasteiger partial charge in [0.25, 0.3) is 0 Å². The molecule has 0 fully saturated rings. The highest BCUT2D eigenvalue weighted by atomic mass is 28.3. The monoisotopic (exact) mass is 792 g/mol. The molecule has 4 heteroatoms. The molecule has 0 bridgehead atoms. The second-order valence-corrected chi connectivity index (χ2v) is 21.6. The van der Waals surface area contributed by atoms with Crippen molar-refractivity contribution in [1.29, 1.82) is 0 Å². The molecule has 292 valence electrons. The van der Waals surface area contributed by atoms with Crippen LogP contribution in [-0.4, -0.2) is 8.07 Å². The summed E-state index contributed by atoms with van der Waals surface area (Å²) >= 11 is 0. The van der Waals surface area contributed by atoms with Gasteiger partial charge in [0.2, 0.25) is 0 Å². The van der Waals surface area contributed by atoms with E-state index in [0.717, 1.165) is 22.9 Å². The number of anilines is 6. The highest BCUT2D eigenvalue weighted by Crippen LogP contribution is 2.57. The zero-order chi connectivity index (χ0) is 41.0. The molecule has 0 aromatic heterocycles. The first-order chi connectivity index (χ1) is 29.1. The van der Waals surface area contributed by atoms with Crippen molar-refractivity contribution < 1.29 is 4.74 Å². The Bertz CT molecular complexity index is 2700. The van der Waals surface area contributed by atoms with Crippen LogP contribution in [0.15, 0.2) is 182 Å². The minimum absolute atomic E-state index is 0.190. The summed E-state index contributed by atoms with van der Waals surface area (Å²) in [5.74, 6) is 1.82. The Hall–Kier alpha value is -6.62. The van der Waals surface area contributed by atoms with E-state index < -0.39 is 8.07 Å². The molecule has 0 aliphatic carbocycles. The molecule has 0 radical (unpaired) electrons. The molecular formula is C56H48N2OSi. The highest BCUT2D eigenvalue weighted by Gasteiger charge is 2.51. The van der Waals surface area contributed by atoms with Crippen LogP contribution < -0.4 is 35.3 Å². The molecule has 3 aliphatic heterocycles. The first kappa shape index (κ1) is 36.5. The molecule has 0 unspecified atom stereocenters. The van der Waals surface area contributed by atoms with Crippen LogP contribution in [0.3, 0.4) is 0 Å². The topological polar surface area (TPSA) is 15.7 Å². The number of rotatable bonds is 4. The molecule has 3 heterocycles. The van der Waals surface area contributed by atoms with Gasteiger partial charge in [0.1, 0.15) is 0 Å². The van der Waals surface area contributed by atoms with Crippen molar-refractivity contribution in [3.8, 4) is 11.5 Å². The summed E-state index contributed by atoms with van der Waals surface area (Å²) < 4.78 is 7.81. The smallest absolute Gasteiger partial charge is 0.188 e. The van der Waals surface area contributed by atoms with E-state index in [1.54, 1.807) is 0 Å². The Morgan fingerprint density at radius 2 is 0.650 bits per heavy atom. The second-order valence-electron chi connectivity index (χ2n) is 17.9. The average molecular weight is 793 g/mol. The number of para-hydroxylation sites is 6. The maximum Gasteiger partial charge on any atom is 0.188 e. The van der Waals surface area contributed by atoms with Gasteiger partial charge in [-0.1, -0.05) is 184 Å². The number of aryl methyl sites for hydroxylation is 2. The first-order valence-corrected chi connectivity index (χ1v) is 23.2. The molecule has 3 aliphatic rings. The third kappa shape index (κ3) is 5.01. The van der Waals surface area contributed by atoms with Crippen LogP contribution in [0.1, 0.15) is 61.1 Å². The molecule has 0 amide bonds. The van der Waals surface area contributed by atoms with Crippen LogP contribution in [0.5, 0.6) is 11.5 Å². The molecule has 0 saturated heterocycles. The molecule has 60 heavy (non-hydrogen) atoms. The van der Waals surface area contributed by atoms with Crippen LogP contribution >= 0.6 is 0 Å². The Kier molecular flexibility index (Phi) is 8.01. The van der Waals surface area contributed by atoms with Crippen LogP contribution in [0.4, 0.5) is 34.1 Å². The molecule has 0 atom stereocenters. The van der Waals surface area contributed by atoms with Crippen molar-refractivity contribution in [3.63, 3.8) is 0 Å². The van der Waals surface area contributed by atoms with Crippen molar-refractivity contribution >= 4 is 62.9 Å². The zero-order valence-corrected chi connectivity index (χ0v) is 36.1. The number of ether oxygens (including phenoxy) is 1. The van der Waals surface area contributed by atoms with E-state index in [4.69, 9.17) is 4.74 Å². The van der Waals surface area contributed by atoms with E-state index in [0.29, 0.717) is 0 Å². The largest absolute Gasteiger partial charge is 0.453 e. The van der Waals surface area contributed by atoms with Gasteiger partial charge >= 0.3 is 0 Å². The summed E-state index contributed by atoms with van der Waals surface area (Å²) in [4.78, 5) is 4.94. The number of hydrogen-bond acceptors (Lipinski definition) is 3. The van der Waals surface area contributed by atoms with Gasteiger partial charge in [0, 0.05) is 10.8 Å². The molecule has 8 aromatic carbocycles. The Morgan fingerprint density at radius 1 is 0.350 bits per heavy atom. The predicted octanol–water partition coefficient (Wildman–Crippen LogP) is 12.0. The quantitative estimate of drug-likeness (QED) is 0.165. The van der Waals surface area contributed by atoms with Crippen LogP contribution in [0.25, 0.3) is 0 Å². The van der Waals surface area contributed by atoms with Gasteiger partial charge in [-0.3, -0.25) is 0 Å². The Labute approximate surface area is 355 Å². The van der Waals surface area contributed by atoms with Gasteiger partial charge in [-0.25, -0.2) is 0 Å². The van der Waals surface area contributed by atoms with Gasteiger partial charge in [-0.2, -0.15) is 0 Å². The summed E-state index contributed by atoms with van der Waals surface area (Å²) in [6.07, 6.45) is 0. The predicted molar refractivity (Wildman–Crippen MR) is 253 cm³/mol. The lowest BCUT2D eigenvalue weighted by atomic mass is 9.73. The van der Waals surface area contributed by atoms with Crippen molar-refractivity contribution in [2.75, 3.05) is 9.80 Å². The third-order valence-electron chi connectivity index (χ3n) is 13.7. The fraction of sp³-hybridized carbons (Fsp3) is 0.143. The van der Waals surface area contributed by atoms with Crippen LogP contribution in [0, 0.1) is 13.8 Å². The van der Waals surface area contributed by atoms with Gasteiger partial charge in [0.05, 0.1) is 34.1 Å². The number of hydrogen-bond donors (Lipinski definition) is 0. The molecule has 8 aromatic rings. The SMILES string of the molecule is Cc1ccc([Si]2(c3ccc(C)cc3)c3cccc(N4c5ccccc5C(C)(C)c5ccccc54)c3Oc3c(N4c5ccccc5C(C)(C)c5ccccc54)cccc32)cc1. The molecular weight excluding hydrogens is 745 g/mol. The molecule has 0 saturated carbocycles. The van der Waals surface area contributed by atoms with Crippen molar-refractivity contribution in [1.82, 2.24) is 0 Å². The van der Waals surface area contributed by atoms with Gasteiger partial charge in [-0.15, -0.1) is 0 Å². The van der Waals surface area contributed by atoms with E-state index in [1.165, 1.54) is 76.9 Å². The lowest BCUT2D eigenvalue weighted by Gasteiger charge is -2.46. The van der Waals surface area contributed by atoms with Gasteiger partial charge in [-0.05, 0) is 93.2 Å². The highest BCUT2D eigenvalue weighted by molar-refractivity contribution is 7.21. The number of nitrogens with zero attached hydrogens (tertiary/aromatic N) is 2. The van der Waals surface area contributed by atoms with Crippen molar-refractivity contribution in [3.05, 3.63) is 215 Å². The van der Waals surface area contributed by atoms with Crippen LogP contribution in [0.2, 0.25) is 0 Å². The van der Waals surface area contributed by atoms with E-state index >= 15 is 0 Å². The first-order valence-electron chi connectivity index (χ1n) is 21.2. The molecule has 0 spiro atoms. The van der Waals surface area contributed by atoms with Gasteiger partial charge in [0.15, 0.2) is 19.6 Å². The second kappa shape index (κ2) is 13.2. The summed E-state index contributed by atoms with van der Waals surface area (Å²) in [6, 6.07) is 68.2. The lowest BCUT2D eigenvalue weighted by Crippen LogP contribution is -2.76. The minimum Gasteiger partial charge on any atom is -0.453 e. The number of benzene rings is 8. The zero-order valence-electron chi connectivity index (χ0n) is 35.1. The fourth-order valence-corrected chi connectivity index (χ4v) is 15.6. The molecule has 3 nitrogen and oxygen atoms in total. The van der Waals surface area contributed by atoms with Gasteiger partial charge < -0.3 is 14.5 Å². The maximum atomic E-state index is 7.81. The van der Waals surface area contributed by atoms with E-state index in [1.807, 2.05) is 0 Å². The Balaban J connectivity index is 1.27. The lowest BCUT2D eigenvalue weighted by molar-refractivity contribution is 0.488. The van der Waals surface area contributed by atoms with Crippen LogP contribution in [-0.2, 0) is 10.8 Å². The summed E-state index contributed by atoms with van der Waals surface area (Å²) in [5, 5.41) is 5.16. The third-order valence-corrected chi connectivity index (χ3v) is 18.5. The number of fused-ring (bicyclic) bond motifs is 6.